The van der Waals surface area contributed by atoms with Gasteiger partial charge in [-0.05, 0) is 12.1 Å². The highest BCUT2D eigenvalue weighted by atomic mass is 16.5. The molecule has 0 atom stereocenters. The fourth-order valence-corrected chi connectivity index (χ4v) is 1.27. The van der Waals surface area contributed by atoms with Crippen LogP contribution in [0, 0.1) is 0 Å². The summed E-state index contributed by atoms with van der Waals surface area (Å²) in [5.41, 5.74) is -0.0617. The first kappa shape index (κ1) is 11.7. The van der Waals surface area contributed by atoms with Crippen LogP contribution in [-0.4, -0.2) is 21.9 Å². The lowest BCUT2D eigenvalue weighted by atomic mass is 10.2. The monoisotopic (exact) mass is 243 g/mol. The van der Waals surface area contributed by atoms with Gasteiger partial charge in [-0.1, -0.05) is 0 Å². The molecule has 2 rings (SSSR count). The van der Waals surface area contributed by atoms with Crippen molar-refractivity contribution in [1.29, 1.82) is 0 Å². The molecule has 6 nitrogen and oxygen atoms in total. The fourth-order valence-electron chi connectivity index (χ4n) is 1.27. The molecule has 0 aromatic carbocycles. The molecule has 0 amide bonds. The highest BCUT2D eigenvalue weighted by Crippen LogP contribution is 2.18. The molecule has 18 heavy (non-hydrogen) atoms. The van der Waals surface area contributed by atoms with E-state index < -0.39 is 11.9 Å². The summed E-state index contributed by atoms with van der Waals surface area (Å²) < 4.78 is 4.95. The van der Waals surface area contributed by atoms with Crippen LogP contribution in [-0.2, 0) is 5.11 Å². The standard InChI is InChI=1S/C12H7N2O4/c15-11(16)9-7-14-5-3-10(9)18-12(17)8-2-1-4-13-6-8/h1-7H. The van der Waals surface area contributed by atoms with Crippen molar-refractivity contribution < 1.29 is 19.4 Å². The number of hydrogen-bond acceptors (Lipinski definition) is 5. The Balaban J connectivity index is 2.25. The van der Waals surface area contributed by atoms with Crippen molar-refractivity contribution in [3.8, 4) is 5.75 Å². The van der Waals surface area contributed by atoms with Gasteiger partial charge in [0.15, 0.2) is 0 Å². The molecule has 0 spiro atoms. The van der Waals surface area contributed by atoms with Crippen molar-refractivity contribution >= 4 is 11.9 Å². The topological polar surface area (TPSA) is 89.0 Å². The molecule has 2 aromatic rings. The maximum Gasteiger partial charge on any atom is 0.391 e. The molecule has 6 heteroatoms. The van der Waals surface area contributed by atoms with Gasteiger partial charge < -0.3 is 4.74 Å². The van der Waals surface area contributed by atoms with Gasteiger partial charge in [-0.15, -0.1) is 0 Å². The first-order valence-corrected chi connectivity index (χ1v) is 4.96. The van der Waals surface area contributed by atoms with Crippen molar-refractivity contribution in [2.75, 3.05) is 0 Å². The number of rotatable bonds is 3. The average Bonchev–Trinajstić information content (AvgIpc) is 2.40. The Morgan fingerprint density at radius 1 is 1.06 bits per heavy atom. The van der Waals surface area contributed by atoms with Gasteiger partial charge in [0.05, 0.1) is 5.56 Å². The highest BCUT2D eigenvalue weighted by Gasteiger charge is 2.16. The van der Waals surface area contributed by atoms with E-state index in [1.165, 1.54) is 30.7 Å². The van der Waals surface area contributed by atoms with Gasteiger partial charge in [-0.3, -0.25) is 9.97 Å². The lowest BCUT2D eigenvalue weighted by Crippen LogP contribution is -2.11. The minimum absolute atomic E-state index is 0.112. The van der Waals surface area contributed by atoms with Crippen LogP contribution in [0.1, 0.15) is 20.7 Å². The van der Waals surface area contributed by atoms with E-state index in [0.717, 1.165) is 6.20 Å². The van der Waals surface area contributed by atoms with Gasteiger partial charge in [0.25, 0.3) is 0 Å². The van der Waals surface area contributed by atoms with Crippen LogP contribution in [0.5, 0.6) is 5.75 Å². The predicted octanol–water partition coefficient (Wildman–Crippen LogP) is 1.27. The normalized spacial score (nSPS) is 9.78. The summed E-state index contributed by atoms with van der Waals surface area (Å²) in [6.07, 6.45) is 5.21. The van der Waals surface area contributed by atoms with E-state index in [4.69, 9.17) is 4.74 Å². The van der Waals surface area contributed by atoms with Crippen molar-refractivity contribution in [1.82, 2.24) is 9.97 Å². The number of aromatic nitrogens is 2. The van der Waals surface area contributed by atoms with Crippen molar-refractivity contribution in [2.24, 2.45) is 0 Å². The number of esters is 1. The molecule has 1 radical (unpaired) electrons. The van der Waals surface area contributed by atoms with E-state index in [1.807, 2.05) is 0 Å². The molecule has 0 saturated carbocycles. The van der Waals surface area contributed by atoms with Gasteiger partial charge in [0, 0.05) is 30.9 Å². The zero-order valence-electron chi connectivity index (χ0n) is 9.07. The predicted molar refractivity (Wildman–Crippen MR) is 58.4 cm³/mol. The van der Waals surface area contributed by atoms with Crippen LogP contribution in [0.15, 0.2) is 43.0 Å². The zero-order valence-corrected chi connectivity index (χ0v) is 9.07. The molecule has 0 N–H and O–H groups in total. The van der Waals surface area contributed by atoms with Crippen LogP contribution in [0.3, 0.4) is 0 Å². The molecule has 2 heterocycles. The van der Waals surface area contributed by atoms with Gasteiger partial charge in [-0.2, -0.15) is 0 Å². The van der Waals surface area contributed by atoms with E-state index in [1.54, 1.807) is 6.07 Å². The summed E-state index contributed by atoms with van der Waals surface area (Å²) in [6, 6.07) is 4.36. The Morgan fingerprint density at radius 2 is 1.83 bits per heavy atom. The third-order valence-corrected chi connectivity index (χ3v) is 2.10. The molecular weight excluding hydrogens is 236 g/mol. The van der Waals surface area contributed by atoms with E-state index in [9.17, 15) is 14.7 Å². The quantitative estimate of drug-likeness (QED) is 0.757. The Labute approximate surface area is 102 Å². The van der Waals surface area contributed by atoms with Gasteiger partial charge >= 0.3 is 11.9 Å². The van der Waals surface area contributed by atoms with E-state index in [2.05, 4.69) is 9.97 Å². The lowest BCUT2D eigenvalue weighted by Gasteiger charge is -2.05. The lowest BCUT2D eigenvalue weighted by molar-refractivity contribution is 0.0566. The number of carbonyl (C=O) groups excluding carboxylic acids is 2. The average molecular weight is 243 g/mol. The number of nitrogens with zero attached hydrogens (tertiary/aromatic N) is 2. The second-order valence-electron chi connectivity index (χ2n) is 3.29. The second-order valence-corrected chi connectivity index (χ2v) is 3.29. The van der Waals surface area contributed by atoms with Crippen LogP contribution in [0.2, 0.25) is 0 Å². The minimum atomic E-state index is -1.46. The number of pyridine rings is 2. The Hall–Kier alpha value is -2.76. The Kier molecular flexibility index (Phi) is 3.29. The highest BCUT2D eigenvalue weighted by molar-refractivity contribution is 5.94. The van der Waals surface area contributed by atoms with Gasteiger partial charge in [-0.25, -0.2) is 14.7 Å². The number of ether oxygens (including phenoxy) is 1. The summed E-state index contributed by atoms with van der Waals surface area (Å²) in [5, 5.41) is 10.8. The van der Waals surface area contributed by atoms with Gasteiger partial charge in [0.1, 0.15) is 11.3 Å². The summed E-state index contributed by atoms with van der Waals surface area (Å²) >= 11 is 0. The Morgan fingerprint density at radius 3 is 2.50 bits per heavy atom. The SMILES string of the molecule is [O]C(=O)c1cnccc1OC(=O)c1cccnc1. The zero-order chi connectivity index (χ0) is 13.0. The molecule has 0 unspecified atom stereocenters. The maximum atomic E-state index is 11.7. The fraction of sp³-hybridized carbons (Fsp3) is 0. The third kappa shape index (κ3) is 2.49. The molecule has 0 aliphatic rings. The molecule has 0 saturated heterocycles. The van der Waals surface area contributed by atoms with Crippen LogP contribution >= 0.6 is 0 Å². The van der Waals surface area contributed by atoms with E-state index in [0.29, 0.717) is 0 Å². The number of hydrogen-bond donors (Lipinski definition) is 0. The summed E-state index contributed by atoms with van der Waals surface area (Å²) in [4.78, 5) is 29.9. The Bertz CT molecular complexity index is 584. The van der Waals surface area contributed by atoms with Crippen LogP contribution in [0.25, 0.3) is 0 Å². The van der Waals surface area contributed by atoms with Crippen molar-refractivity contribution in [3.05, 3.63) is 54.1 Å². The van der Waals surface area contributed by atoms with E-state index >= 15 is 0 Å². The van der Waals surface area contributed by atoms with Crippen molar-refractivity contribution in [2.45, 2.75) is 0 Å². The third-order valence-electron chi connectivity index (χ3n) is 2.10. The molecule has 0 fully saturated rings. The minimum Gasteiger partial charge on any atom is -0.422 e. The summed E-state index contributed by atoms with van der Waals surface area (Å²) in [5.74, 6) is -2.27. The molecule has 89 valence electrons. The molecule has 2 aromatic heterocycles. The second kappa shape index (κ2) is 5.05. The van der Waals surface area contributed by atoms with E-state index in [-0.39, 0.29) is 16.9 Å². The van der Waals surface area contributed by atoms with Crippen LogP contribution in [0.4, 0.5) is 0 Å². The first-order chi connectivity index (χ1) is 8.68. The van der Waals surface area contributed by atoms with Crippen LogP contribution < -0.4 is 4.74 Å². The number of carbonyl (C=O) groups is 2. The molecular formula is C12H7N2O4. The van der Waals surface area contributed by atoms with Gasteiger partial charge in [0.2, 0.25) is 0 Å². The maximum absolute atomic E-state index is 11.7. The molecule has 0 bridgehead atoms. The molecule has 0 aliphatic heterocycles. The molecule has 0 aliphatic carbocycles. The largest absolute Gasteiger partial charge is 0.422 e. The summed E-state index contributed by atoms with van der Waals surface area (Å²) in [7, 11) is 0. The smallest absolute Gasteiger partial charge is 0.391 e. The first-order valence-electron chi connectivity index (χ1n) is 4.96. The van der Waals surface area contributed by atoms with Crippen molar-refractivity contribution in [3.63, 3.8) is 0 Å². The summed E-state index contributed by atoms with van der Waals surface area (Å²) in [6.45, 7) is 0.